The first-order chi connectivity index (χ1) is 8.65. The van der Waals surface area contributed by atoms with Crippen molar-refractivity contribution in [3.05, 3.63) is 28.7 Å². The summed E-state index contributed by atoms with van der Waals surface area (Å²) in [5.41, 5.74) is 0.841. The maximum Gasteiger partial charge on any atom is 0.280 e. The van der Waals surface area contributed by atoms with Gasteiger partial charge >= 0.3 is 0 Å². The van der Waals surface area contributed by atoms with Crippen LogP contribution in [0.15, 0.2) is 23.1 Å². The molecule has 1 amide bonds. The van der Waals surface area contributed by atoms with E-state index in [0.29, 0.717) is 20.7 Å². The Labute approximate surface area is 112 Å². The molecule has 0 unspecified atom stereocenters. The molecule has 0 aliphatic carbocycles. The monoisotopic (exact) mass is 280 g/mol. The molecule has 0 aromatic heterocycles. The number of amides is 1. The fourth-order valence-corrected chi connectivity index (χ4v) is 2.74. The highest BCUT2D eigenvalue weighted by atomic mass is 32.2. The van der Waals surface area contributed by atoms with Crippen molar-refractivity contribution in [1.82, 2.24) is 5.01 Å². The fraction of sp³-hybridized carbons (Fsp3) is 0.0909. The molecule has 3 rings (SSSR count). The zero-order valence-electron chi connectivity index (χ0n) is 9.08. The number of hydrazine groups is 1. The van der Waals surface area contributed by atoms with Gasteiger partial charge in [0.05, 0.1) is 4.91 Å². The first-order valence-electron chi connectivity index (χ1n) is 5.07. The summed E-state index contributed by atoms with van der Waals surface area (Å²) in [6, 6.07) is 5.46. The molecule has 0 bridgehead atoms. The predicted molar refractivity (Wildman–Crippen MR) is 71.8 cm³/mol. The minimum absolute atomic E-state index is 0.226. The second kappa shape index (κ2) is 4.27. The van der Waals surface area contributed by atoms with Crippen LogP contribution in [0.25, 0.3) is 6.08 Å². The van der Waals surface area contributed by atoms with Crippen molar-refractivity contribution in [2.45, 2.75) is 0 Å². The first kappa shape index (κ1) is 11.5. The summed E-state index contributed by atoms with van der Waals surface area (Å²) in [5, 5.41) is 0.971. The molecule has 1 aromatic rings. The Bertz CT molecular complexity index is 586. The number of carbonyl (C=O) groups is 1. The molecular weight excluding hydrogens is 272 g/mol. The average molecular weight is 280 g/mol. The highest BCUT2D eigenvalue weighted by Gasteiger charge is 2.29. The number of thioether (sulfide) groups is 1. The van der Waals surface area contributed by atoms with Crippen LogP contribution in [0, 0.1) is 0 Å². The number of hydrogen-bond acceptors (Lipinski definition) is 6. The molecular formula is C11H8N2O3S2. The Morgan fingerprint density at radius 1 is 1.39 bits per heavy atom. The summed E-state index contributed by atoms with van der Waals surface area (Å²) >= 11 is 6.13. The molecule has 2 N–H and O–H groups in total. The molecule has 2 aliphatic rings. The molecule has 92 valence electrons. The van der Waals surface area contributed by atoms with Gasteiger partial charge in [-0.1, -0.05) is 30.0 Å². The Morgan fingerprint density at radius 3 is 2.89 bits per heavy atom. The number of carbonyl (C=O) groups excluding carboxylic acids is 1. The van der Waals surface area contributed by atoms with Gasteiger partial charge in [-0.2, -0.15) is 0 Å². The normalized spacial score (nSPS) is 20.1. The number of thiocarbonyl (C=S) groups is 1. The minimum Gasteiger partial charge on any atom is -0.454 e. The largest absolute Gasteiger partial charge is 0.454 e. The van der Waals surface area contributed by atoms with Crippen molar-refractivity contribution < 1.29 is 14.3 Å². The van der Waals surface area contributed by atoms with E-state index in [4.69, 9.17) is 27.5 Å². The van der Waals surface area contributed by atoms with Crippen molar-refractivity contribution in [2.24, 2.45) is 5.84 Å². The van der Waals surface area contributed by atoms with Gasteiger partial charge in [0.1, 0.15) is 0 Å². The Hall–Kier alpha value is -1.57. The second-order valence-electron chi connectivity index (χ2n) is 3.66. The number of ether oxygens (including phenoxy) is 2. The van der Waals surface area contributed by atoms with Gasteiger partial charge in [-0.25, -0.2) is 10.9 Å². The van der Waals surface area contributed by atoms with Gasteiger partial charge in [0.15, 0.2) is 15.8 Å². The van der Waals surface area contributed by atoms with Crippen LogP contribution in [0.2, 0.25) is 0 Å². The summed E-state index contributed by atoms with van der Waals surface area (Å²) in [6.45, 7) is 0.226. The Kier molecular flexibility index (Phi) is 2.73. The van der Waals surface area contributed by atoms with Gasteiger partial charge in [0.25, 0.3) is 5.91 Å². The van der Waals surface area contributed by atoms with Crippen LogP contribution in [-0.4, -0.2) is 22.0 Å². The molecule has 1 fully saturated rings. The van der Waals surface area contributed by atoms with Crippen molar-refractivity contribution in [3.8, 4) is 11.5 Å². The van der Waals surface area contributed by atoms with Gasteiger partial charge in [-0.15, -0.1) is 0 Å². The fourth-order valence-electron chi connectivity index (χ4n) is 1.63. The SMILES string of the molecule is NN1C(=O)/C(=C/c2ccc3c(c2)OCO3)SC1=S. The van der Waals surface area contributed by atoms with Crippen LogP contribution in [-0.2, 0) is 4.79 Å². The zero-order valence-corrected chi connectivity index (χ0v) is 10.7. The first-order valence-corrected chi connectivity index (χ1v) is 6.30. The van der Waals surface area contributed by atoms with E-state index >= 15 is 0 Å². The number of nitrogens with two attached hydrogens (primary N) is 1. The molecule has 7 heteroatoms. The lowest BCUT2D eigenvalue weighted by Gasteiger charge is -2.03. The van der Waals surface area contributed by atoms with Gasteiger partial charge < -0.3 is 9.47 Å². The van der Waals surface area contributed by atoms with E-state index in [2.05, 4.69) is 0 Å². The van der Waals surface area contributed by atoms with Gasteiger partial charge in [0.2, 0.25) is 6.79 Å². The highest BCUT2D eigenvalue weighted by Crippen LogP contribution is 2.35. The lowest BCUT2D eigenvalue weighted by Crippen LogP contribution is -2.34. The smallest absolute Gasteiger partial charge is 0.280 e. The molecule has 18 heavy (non-hydrogen) atoms. The standard InChI is InChI=1S/C11H8N2O3S2/c12-13-10(14)9(18-11(13)17)4-6-1-2-7-8(3-6)16-5-15-7/h1-4H,5,12H2/b9-4-. The van der Waals surface area contributed by atoms with Crippen molar-refractivity contribution in [3.63, 3.8) is 0 Å². The molecule has 2 heterocycles. The van der Waals surface area contributed by atoms with Crippen LogP contribution in [0.5, 0.6) is 11.5 Å². The Balaban J connectivity index is 1.93. The van der Waals surface area contributed by atoms with E-state index in [-0.39, 0.29) is 12.7 Å². The summed E-state index contributed by atoms with van der Waals surface area (Å²) in [4.78, 5) is 12.2. The lowest BCUT2D eigenvalue weighted by atomic mass is 10.2. The maximum atomic E-state index is 11.7. The van der Waals surface area contributed by atoms with Crippen LogP contribution < -0.4 is 15.3 Å². The topological polar surface area (TPSA) is 64.8 Å². The molecule has 5 nitrogen and oxygen atoms in total. The number of hydrogen-bond donors (Lipinski definition) is 1. The number of fused-ring (bicyclic) bond motifs is 1. The third-order valence-corrected chi connectivity index (χ3v) is 3.85. The second-order valence-corrected chi connectivity index (χ2v) is 5.34. The number of nitrogens with zero attached hydrogens (tertiary/aromatic N) is 1. The van der Waals surface area contributed by atoms with Crippen LogP contribution >= 0.6 is 24.0 Å². The molecule has 0 spiro atoms. The summed E-state index contributed by atoms with van der Waals surface area (Å²) < 4.78 is 10.8. The third-order valence-electron chi connectivity index (χ3n) is 2.52. The number of rotatable bonds is 1. The molecule has 1 saturated heterocycles. The van der Waals surface area contributed by atoms with Gasteiger partial charge in [-0.05, 0) is 23.8 Å². The summed E-state index contributed by atoms with van der Waals surface area (Å²) in [6.07, 6.45) is 1.73. The van der Waals surface area contributed by atoms with Crippen molar-refractivity contribution in [2.75, 3.05) is 6.79 Å². The van der Waals surface area contributed by atoms with E-state index in [0.717, 1.165) is 10.6 Å². The molecule has 0 saturated carbocycles. The molecule has 1 aromatic carbocycles. The van der Waals surface area contributed by atoms with Crippen LogP contribution in [0.4, 0.5) is 0 Å². The summed E-state index contributed by atoms with van der Waals surface area (Å²) in [7, 11) is 0. The molecule has 2 aliphatic heterocycles. The van der Waals surface area contributed by atoms with E-state index in [1.54, 1.807) is 12.1 Å². The maximum absolute atomic E-state index is 11.7. The lowest BCUT2D eigenvalue weighted by molar-refractivity contribution is -0.122. The van der Waals surface area contributed by atoms with Gasteiger partial charge in [-0.3, -0.25) is 4.79 Å². The average Bonchev–Trinajstić information content (AvgIpc) is 2.91. The Morgan fingerprint density at radius 2 is 2.17 bits per heavy atom. The van der Waals surface area contributed by atoms with Crippen molar-refractivity contribution in [1.29, 1.82) is 0 Å². The quantitative estimate of drug-likeness (QED) is 0.364. The van der Waals surface area contributed by atoms with Crippen LogP contribution in [0.3, 0.4) is 0 Å². The van der Waals surface area contributed by atoms with E-state index < -0.39 is 0 Å². The van der Waals surface area contributed by atoms with E-state index in [9.17, 15) is 4.79 Å². The third kappa shape index (κ3) is 1.86. The minimum atomic E-state index is -0.289. The molecule has 0 radical (unpaired) electrons. The summed E-state index contributed by atoms with van der Waals surface area (Å²) in [5.74, 6) is 6.58. The van der Waals surface area contributed by atoms with E-state index in [1.807, 2.05) is 12.1 Å². The highest BCUT2D eigenvalue weighted by molar-refractivity contribution is 8.26. The predicted octanol–water partition coefficient (Wildman–Crippen LogP) is 1.49. The van der Waals surface area contributed by atoms with Gasteiger partial charge in [0, 0.05) is 0 Å². The van der Waals surface area contributed by atoms with Crippen molar-refractivity contribution >= 4 is 40.3 Å². The van der Waals surface area contributed by atoms with E-state index in [1.165, 1.54) is 11.8 Å². The number of benzene rings is 1. The van der Waals surface area contributed by atoms with Crippen LogP contribution in [0.1, 0.15) is 5.56 Å². The zero-order chi connectivity index (χ0) is 12.7. The molecule has 0 atom stereocenters.